The maximum absolute atomic E-state index is 13.2. The van der Waals surface area contributed by atoms with Crippen LogP contribution in [0.1, 0.15) is 39.4 Å². The number of nitrogens with two attached hydrogens (primary N) is 1. The first kappa shape index (κ1) is 24.4. The molecule has 2 fully saturated rings. The Kier molecular flexibility index (Phi) is 8.32. The molecule has 1 saturated heterocycles. The van der Waals surface area contributed by atoms with E-state index in [0.29, 0.717) is 19.6 Å². The van der Waals surface area contributed by atoms with Gasteiger partial charge in [-0.1, -0.05) is 13.8 Å². The van der Waals surface area contributed by atoms with E-state index in [0.717, 1.165) is 37.0 Å². The quantitative estimate of drug-likeness (QED) is 0.773. The highest BCUT2D eigenvalue weighted by Gasteiger charge is 2.63. The van der Waals surface area contributed by atoms with Crippen LogP contribution in [0.15, 0.2) is 0 Å². The fraction of sp³-hybridized carbons (Fsp3) is 0.824. The van der Waals surface area contributed by atoms with Gasteiger partial charge in [-0.25, -0.2) is 4.98 Å². The van der Waals surface area contributed by atoms with Crippen LogP contribution in [0.25, 0.3) is 0 Å². The van der Waals surface area contributed by atoms with Gasteiger partial charge in [0.15, 0.2) is 0 Å². The first-order valence-corrected chi connectivity index (χ1v) is 9.82. The molecule has 1 aromatic heterocycles. The number of hydrogen-bond donors (Lipinski definition) is 1. The van der Waals surface area contributed by atoms with E-state index in [-0.39, 0.29) is 42.2 Å². The van der Waals surface area contributed by atoms with Gasteiger partial charge < -0.3 is 20.3 Å². The van der Waals surface area contributed by atoms with Crippen molar-refractivity contribution in [3.05, 3.63) is 5.82 Å². The number of halogens is 2. The predicted molar refractivity (Wildman–Crippen MR) is 113 cm³/mol. The highest BCUT2D eigenvalue weighted by Crippen LogP contribution is 2.50. The standard InChI is InChI=1S/C17H29N5O2S.2ClH/c1-5-24-13-11-17(18,16(13,3)4)14(23)21-7-6-8-22(10-9-21)15-19-12(2)20-25-15;;/h13H,5-11,18H2,1-4H3;2*1H. The second-order valence-corrected chi connectivity index (χ2v) is 8.33. The van der Waals surface area contributed by atoms with Crippen LogP contribution in [0.4, 0.5) is 5.13 Å². The Bertz CT molecular complexity index is 645. The molecule has 2 atom stereocenters. The van der Waals surface area contributed by atoms with E-state index in [1.165, 1.54) is 11.5 Å². The van der Waals surface area contributed by atoms with Gasteiger partial charge in [0.25, 0.3) is 0 Å². The Morgan fingerprint density at radius 2 is 2.00 bits per heavy atom. The lowest BCUT2D eigenvalue weighted by Crippen LogP contribution is -2.76. The van der Waals surface area contributed by atoms with Crippen molar-refractivity contribution in [2.45, 2.75) is 52.2 Å². The summed E-state index contributed by atoms with van der Waals surface area (Å²) in [5.41, 5.74) is 5.39. The van der Waals surface area contributed by atoms with Crippen LogP contribution in [0, 0.1) is 12.3 Å². The molecule has 27 heavy (non-hydrogen) atoms. The third kappa shape index (κ3) is 4.34. The van der Waals surface area contributed by atoms with E-state index in [1.807, 2.05) is 32.6 Å². The number of amides is 1. The molecule has 1 aliphatic heterocycles. The lowest BCUT2D eigenvalue weighted by Gasteiger charge is -2.58. The second kappa shape index (κ2) is 9.22. The molecule has 0 spiro atoms. The topological polar surface area (TPSA) is 84.6 Å². The molecule has 7 nitrogen and oxygen atoms in total. The van der Waals surface area contributed by atoms with Gasteiger partial charge in [-0.2, -0.15) is 4.37 Å². The normalized spacial score (nSPS) is 27.1. The molecule has 3 rings (SSSR count). The zero-order chi connectivity index (χ0) is 18.2. The molecular weight excluding hydrogens is 409 g/mol. The maximum atomic E-state index is 13.2. The van der Waals surface area contributed by atoms with Crippen LogP contribution in [0.3, 0.4) is 0 Å². The Labute approximate surface area is 178 Å². The molecule has 2 aliphatic rings. The molecule has 1 saturated carbocycles. The number of carbonyl (C=O) groups is 1. The van der Waals surface area contributed by atoms with E-state index >= 15 is 0 Å². The van der Waals surface area contributed by atoms with E-state index < -0.39 is 5.54 Å². The molecular formula is C17H31Cl2N5O2S. The first-order valence-electron chi connectivity index (χ1n) is 9.04. The smallest absolute Gasteiger partial charge is 0.243 e. The summed E-state index contributed by atoms with van der Waals surface area (Å²) in [5, 5.41) is 0.939. The summed E-state index contributed by atoms with van der Waals surface area (Å²) in [5.74, 6) is 0.861. The SMILES string of the molecule is CCOC1CC(N)(C(=O)N2CCCN(c3nc(C)ns3)CC2)C1(C)C.Cl.Cl. The van der Waals surface area contributed by atoms with Crippen LogP contribution < -0.4 is 10.6 Å². The van der Waals surface area contributed by atoms with Gasteiger partial charge in [0.05, 0.1) is 6.10 Å². The molecule has 2 unspecified atom stereocenters. The molecule has 2 heterocycles. The summed E-state index contributed by atoms with van der Waals surface area (Å²) in [6, 6.07) is 0. The van der Waals surface area contributed by atoms with Gasteiger partial charge in [-0.3, -0.25) is 4.79 Å². The van der Waals surface area contributed by atoms with Gasteiger partial charge in [0.1, 0.15) is 11.4 Å². The van der Waals surface area contributed by atoms with Crippen LogP contribution in [-0.4, -0.2) is 64.6 Å². The van der Waals surface area contributed by atoms with Crippen molar-refractivity contribution >= 4 is 47.4 Å². The summed E-state index contributed by atoms with van der Waals surface area (Å²) >= 11 is 1.42. The van der Waals surface area contributed by atoms with Gasteiger partial charge in [0, 0.05) is 56.2 Å². The summed E-state index contributed by atoms with van der Waals surface area (Å²) in [4.78, 5) is 21.8. The van der Waals surface area contributed by atoms with E-state index in [1.54, 1.807) is 0 Å². The minimum Gasteiger partial charge on any atom is -0.378 e. The van der Waals surface area contributed by atoms with E-state index in [4.69, 9.17) is 10.5 Å². The number of anilines is 1. The van der Waals surface area contributed by atoms with Crippen molar-refractivity contribution in [1.82, 2.24) is 14.3 Å². The molecule has 2 N–H and O–H groups in total. The highest BCUT2D eigenvalue weighted by atomic mass is 35.5. The molecule has 1 aromatic rings. The molecule has 10 heteroatoms. The highest BCUT2D eigenvalue weighted by molar-refractivity contribution is 7.09. The number of carbonyl (C=O) groups excluding carboxylic acids is 1. The number of nitrogens with zero attached hydrogens (tertiary/aromatic N) is 4. The fourth-order valence-corrected chi connectivity index (χ4v) is 4.53. The monoisotopic (exact) mass is 439 g/mol. The third-order valence-electron chi connectivity index (χ3n) is 5.78. The van der Waals surface area contributed by atoms with Gasteiger partial charge >= 0.3 is 0 Å². The number of ether oxygens (including phenoxy) is 1. The van der Waals surface area contributed by atoms with Crippen LogP contribution in [-0.2, 0) is 9.53 Å². The van der Waals surface area contributed by atoms with Crippen molar-refractivity contribution in [1.29, 1.82) is 0 Å². The molecule has 0 bridgehead atoms. The van der Waals surface area contributed by atoms with Crippen molar-refractivity contribution in [2.24, 2.45) is 11.1 Å². The minimum atomic E-state index is -0.832. The van der Waals surface area contributed by atoms with Crippen LogP contribution in [0.5, 0.6) is 0 Å². The Morgan fingerprint density at radius 1 is 1.30 bits per heavy atom. The number of aromatic nitrogens is 2. The zero-order valence-electron chi connectivity index (χ0n) is 16.4. The fourth-order valence-electron chi connectivity index (χ4n) is 3.81. The van der Waals surface area contributed by atoms with Gasteiger partial charge in [-0.15, -0.1) is 24.8 Å². The molecule has 1 aliphatic carbocycles. The number of hydrogen-bond acceptors (Lipinski definition) is 7. The Hall–Kier alpha value is -0.670. The van der Waals surface area contributed by atoms with Crippen molar-refractivity contribution in [2.75, 3.05) is 37.7 Å². The largest absolute Gasteiger partial charge is 0.378 e. The summed E-state index contributed by atoms with van der Waals surface area (Å²) in [6.45, 7) is 11.7. The summed E-state index contributed by atoms with van der Waals surface area (Å²) in [6.07, 6.45) is 1.57. The zero-order valence-corrected chi connectivity index (χ0v) is 18.9. The lowest BCUT2D eigenvalue weighted by molar-refractivity contribution is -0.179. The van der Waals surface area contributed by atoms with E-state index in [9.17, 15) is 4.79 Å². The average molecular weight is 440 g/mol. The molecule has 1 amide bonds. The number of rotatable bonds is 4. The minimum absolute atomic E-state index is 0. The Balaban J connectivity index is 0.00000182. The molecule has 0 aromatic carbocycles. The molecule has 0 radical (unpaired) electrons. The Morgan fingerprint density at radius 3 is 2.56 bits per heavy atom. The van der Waals surface area contributed by atoms with Gasteiger partial charge in [0.2, 0.25) is 11.0 Å². The number of aryl methyl sites for hydroxylation is 1. The third-order valence-corrected chi connectivity index (χ3v) is 6.65. The van der Waals surface area contributed by atoms with Crippen LogP contribution in [0.2, 0.25) is 0 Å². The first-order chi connectivity index (χ1) is 11.8. The summed E-state index contributed by atoms with van der Waals surface area (Å²) in [7, 11) is 0. The molecule has 156 valence electrons. The second-order valence-electron chi connectivity index (χ2n) is 7.60. The summed E-state index contributed by atoms with van der Waals surface area (Å²) < 4.78 is 10.0. The lowest BCUT2D eigenvalue weighted by atomic mass is 9.54. The maximum Gasteiger partial charge on any atom is 0.243 e. The van der Waals surface area contributed by atoms with Crippen LogP contribution >= 0.6 is 36.3 Å². The predicted octanol–water partition coefficient (Wildman–Crippen LogP) is 2.26. The van der Waals surface area contributed by atoms with E-state index in [2.05, 4.69) is 14.3 Å². The van der Waals surface area contributed by atoms with Crippen molar-refractivity contribution < 1.29 is 9.53 Å². The van der Waals surface area contributed by atoms with Crippen molar-refractivity contribution in [3.8, 4) is 0 Å². The average Bonchev–Trinajstić information content (AvgIpc) is 2.86. The van der Waals surface area contributed by atoms with Gasteiger partial charge in [-0.05, 0) is 20.3 Å². The van der Waals surface area contributed by atoms with Crippen molar-refractivity contribution in [3.63, 3.8) is 0 Å².